The van der Waals surface area contributed by atoms with Crippen LogP contribution in [0.15, 0.2) is 18.2 Å². The first-order valence-corrected chi connectivity index (χ1v) is 6.72. The predicted molar refractivity (Wildman–Crippen MR) is 62.6 cm³/mol. The zero-order valence-electron chi connectivity index (χ0n) is 9.85. The zero-order valence-corrected chi connectivity index (χ0v) is 10.7. The molecule has 0 spiro atoms. The quantitative estimate of drug-likeness (QED) is 0.762. The van der Waals surface area contributed by atoms with Gasteiger partial charge in [-0.1, -0.05) is 13.8 Å². The first-order valence-electron chi connectivity index (χ1n) is 4.90. The molecule has 0 heterocycles. The van der Waals surface area contributed by atoms with Crippen LogP contribution in [0.5, 0.6) is 11.5 Å². The maximum Gasteiger partial charge on any atom is 0.306 e. The highest BCUT2D eigenvalue weighted by atomic mass is 32.2. The van der Waals surface area contributed by atoms with Gasteiger partial charge in [0.2, 0.25) is 0 Å². The van der Waals surface area contributed by atoms with Crippen molar-refractivity contribution in [2.24, 2.45) is 0 Å². The van der Waals surface area contributed by atoms with Crippen molar-refractivity contribution in [1.29, 1.82) is 0 Å². The number of ether oxygens (including phenoxy) is 1. The predicted octanol–water partition coefficient (Wildman–Crippen LogP) is 2.16. The summed E-state index contributed by atoms with van der Waals surface area (Å²) >= 11 is 0. The fourth-order valence-corrected chi connectivity index (χ4v) is 1.71. The summed E-state index contributed by atoms with van der Waals surface area (Å²) in [5, 5.41) is 0. The summed E-state index contributed by atoms with van der Waals surface area (Å²) in [5.74, 6) is 1.15. The minimum atomic E-state index is -3.50. The highest BCUT2D eigenvalue weighted by Gasteiger charge is 2.09. The lowest BCUT2D eigenvalue weighted by atomic mass is 10.0. The third-order valence-corrected chi connectivity index (χ3v) is 2.55. The summed E-state index contributed by atoms with van der Waals surface area (Å²) in [6.07, 6.45) is 1.02. The second kappa shape index (κ2) is 4.74. The molecule has 0 bridgehead atoms. The molecule has 16 heavy (non-hydrogen) atoms. The van der Waals surface area contributed by atoms with E-state index in [0.29, 0.717) is 5.75 Å². The summed E-state index contributed by atoms with van der Waals surface area (Å²) < 4.78 is 31.9. The normalized spacial score (nSPS) is 11.6. The number of benzene rings is 1. The number of methoxy groups -OCH3 is 1. The van der Waals surface area contributed by atoms with Crippen molar-refractivity contribution in [2.75, 3.05) is 13.4 Å². The lowest BCUT2D eigenvalue weighted by Gasteiger charge is -2.11. The van der Waals surface area contributed by atoms with Gasteiger partial charge in [0.25, 0.3) is 0 Å². The topological polar surface area (TPSA) is 52.6 Å². The van der Waals surface area contributed by atoms with Crippen LogP contribution in [0.3, 0.4) is 0 Å². The first-order chi connectivity index (χ1) is 7.31. The molecule has 0 atom stereocenters. The van der Waals surface area contributed by atoms with Gasteiger partial charge in [-0.05, 0) is 23.6 Å². The summed E-state index contributed by atoms with van der Waals surface area (Å²) in [6, 6.07) is 5.11. The molecule has 0 aliphatic heterocycles. The SMILES string of the molecule is COc1cc(OS(C)(=O)=O)cc(C(C)C)c1. The summed E-state index contributed by atoms with van der Waals surface area (Å²) in [7, 11) is -1.97. The molecule has 0 aliphatic carbocycles. The molecule has 0 radical (unpaired) electrons. The molecule has 5 heteroatoms. The van der Waals surface area contributed by atoms with Crippen molar-refractivity contribution in [3.05, 3.63) is 23.8 Å². The van der Waals surface area contributed by atoms with Crippen LogP contribution >= 0.6 is 0 Å². The van der Waals surface area contributed by atoms with E-state index in [1.54, 1.807) is 12.1 Å². The average molecular weight is 244 g/mol. The van der Waals surface area contributed by atoms with E-state index in [2.05, 4.69) is 0 Å². The fraction of sp³-hybridized carbons (Fsp3) is 0.455. The molecule has 0 aromatic heterocycles. The van der Waals surface area contributed by atoms with Crippen molar-refractivity contribution in [2.45, 2.75) is 19.8 Å². The Morgan fingerprint density at radius 1 is 1.12 bits per heavy atom. The Bertz CT molecular complexity index is 463. The number of hydrogen-bond donors (Lipinski definition) is 0. The van der Waals surface area contributed by atoms with E-state index in [1.807, 2.05) is 19.9 Å². The van der Waals surface area contributed by atoms with Gasteiger partial charge in [0, 0.05) is 6.07 Å². The molecule has 4 nitrogen and oxygen atoms in total. The third kappa shape index (κ3) is 3.73. The van der Waals surface area contributed by atoms with E-state index in [1.165, 1.54) is 7.11 Å². The minimum Gasteiger partial charge on any atom is -0.497 e. The van der Waals surface area contributed by atoms with Gasteiger partial charge in [-0.15, -0.1) is 0 Å². The van der Waals surface area contributed by atoms with E-state index in [0.717, 1.165) is 11.8 Å². The van der Waals surface area contributed by atoms with Gasteiger partial charge in [0.1, 0.15) is 11.5 Å². The monoisotopic (exact) mass is 244 g/mol. The Hall–Kier alpha value is -1.23. The summed E-state index contributed by atoms with van der Waals surface area (Å²) in [4.78, 5) is 0. The molecule has 0 saturated heterocycles. The standard InChI is InChI=1S/C11H16O4S/c1-8(2)9-5-10(14-3)7-11(6-9)15-16(4,12)13/h5-8H,1-4H3. The van der Waals surface area contributed by atoms with Crippen LogP contribution in [-0.2, 0) is 10.1 Å². The largest absolute Gasteiger partial charge is 0.497 e. The molecule has 0 aliphatic rings. The van der Waals surface area contributed by atoms with Crippen molar-refractivity contribution in [3.8, 4) is 11.5 Å². The van der Waals surface area contributed by atoms with Gasteiger partial charge in [-0.3, -0.25) is 0 Å². The first kappa shape index (κ1) is 12.8. The molecule has 1 rings (SSSR count). The molecular formula is C11H16O4S. The molecule has 90 valence electrons. The average Bonchev–Trinajstić information content (AvgIpc) is 2.14. The van der Waals surface area contributed by atoms with Crippen LogP contribution in [0.2, 0.25) is 0 Å². The summed E-state index contributed by atoms with van der Waals surface area (Å²) in [6.45, 7) is 4.03. The van der Waals surface area contributed by atoms with Crippen LogP contribution in [0, 0.1) is 0 Å². The van der Waals surface area contributed by atoms with Gasteiger partial charge in [0.15, 0.2) is 0 Å². The van der Waals surface area contributed by atoms with Crippen LogP contribution < -0.4 is 8.92 Å². The van der Waals surface area contributed by atoms with Gasteiger partial charge in [-0.25, -0.2) is 0 Å². The van der Waals surface area contributed by atoms with E-state index in [9.17, 15) is 8.42 Å². The Balaban J connectivity index is 3.14. The number of hydrogen-bond acceptors (Lipinski definition) is 4. The van der Waals surface area contributed by atoms with Crippen LogP contribution in [-0.4, -0.2) is 21.8 Å². The van der Waals surface area contributed by atoms with Crippen molar-refractivity contribution in [1.82, 2.24) is 0 Å². The van der Waals surface area contributed by atoms with Gasteiger partial charge >= 0.3 is 10.1 Å². The van der Waals surface area contributed by atoms with Crippen LogP contribution in [0.25, 0.3) is 0 Å². The smallest absolute Gasteiger partial charge is 0.306 e. The minimum absolute atomic E-state index is 0.275. The van der Waals surface area contributed by atoms with E-state index >= 15 is 0 Å². The van der Waals surface area contributed by atoms with E-state index < -0.39 is 10.1 Å². The Labute approximate surface area is 96.3 Å². The molecule has 0 fully saturated rings. The fourth-order valence-electron chi connectivity index (χ4n) is 1.27. The molecule has 0 amide bonds. The highest BCUT2D eigenvalue weighted by Crippen LogP contribution is 2.27. The molecule has 1 aromatic carbocycles. The molecule has 0 N–H and O–H groups in total. The summed E-state index contributed by atoms with van der Waals surface area (Å²) in [5.41, 5.74) is 0.970. The van der Waals surface area contributed by atoms with Crippen molar-refractivity contribution in [3.63, 3.8) is 0 Å². The Morgan fingerprint density at radius 2 is 1.69 bits per heavy atom. The zero-order chi connectivity index (χ0) is 12.3. The molecule has 0 saturated carbocycles. The third-order valence-electron chi connectivity index (χ3n) is 2.05. The van der Waals surface area contributed by atoms with Crippen LogP contribution in [0.1, 0.15) is 25.3 Å². The Kier molecular flexibility index (Phi) is 3.80. The van der Waals surface area contributed by atoms with E-state index in [-0.39, 0.29) is 11.7 Å². The number of rotatable bonds is 4. The lowest BCUT2D eigenvalue weighted by Crippen LogP contribution is -2.06. The van der Waals surface area contributed by atoms with Crippen molar-refractivity contribution < 1.29 is 17.3 Å². The maximum absolute atomic E-state index is 11.0. The van der Waals surface area contributed by atoms with Gasteiger partial charge < -0.3 is 8.92 Å². The van der Waals surface area contributed by atoms with Crippen molar-refractivity contribution >= 4 is 10.1 Å². The second-order valence-electron chi connectivity index (χ2n) is 3.88. The lowest BCUT2D eigenvalue weighted by molar-refractivity contribution is 0.411. The molecule has 1 aromatic rings. The van der Waals surface area contributed by atoms with Gasteiger partial charge in [0.05, 0.1) is 13.4 Å². The van der Waals surface area contributed by atoms with E-state index in [4.69, 9.17) is 8.92 Å². The second-order valence-corrected chi connectivity index (χ2v) is 5.46. The maximum atomic E-state index is 11.0. The molecule has 0 unspecified atom stereocenters. The van der Waals surface area contributed by atoms with Gasteiger partial charge in [-0.2, -0.15) is 8.42 Å². The highest BCUT2D eigenvalue weighted by molar-refractivity contribution is 7.86. The molecular weight excluding hydrogens is 228 g/mol. The van der Waals surface area contributed by atoms with Crippen LogP contribution in [0.4, 0.5) is 0 Å². The Morgan fingerprint density at radius 3 is 2.12 bits per heavy atom.